The van der Waals surface area contributed by atoms with Crippen LogP contribution < -0.4 is 10.0 Å². The van der Waals surface area contributed by atoms with Crippen molar-refractivity contribution in [3.8, 4) is 11.3 Å². The molecule has 33 heavy (non-hydrogen) atoms. The molecule has 2 heterocycles. The second-order valence-electron chi connectivity index (χ2n) is 7.29. The number of aromatic nitrogens is 3. The highest BCUT2D eigenvalue weighted by molar-refractivity contribution is 7.91. The Labute approximate surface area is 187 Å². The first kappa shape index (κ1) is 22.5. The summed E-state index contributed by atoms with van der Waals surface area (Å²) in [5, 5.41) is 2.85. The van der Waals surface area contributed by atoms with Crippen molar-refractivity contribution in [3.63, 3.8) is 0 Å². The van der Waals surface area contributed by atoms with Gasteiger partial charge in [0.25, 0.3) is 0 Å². The van der Waals surface area contributed by atoms with Gasteiger partial charge in [0, 0.05) is 24.2 Å². The molecule has 4 rings (SSSR count). The second kappa shape index (κ2) is 8.66. The van der Waals surface area contributed by atoms with Gasteiger partial charge in [-0.25, -0.2) is 36.5 Å². The first-order valence-corrected chi connectivity index (χ1v) is 11.4. The summed E-state index contributed by atoms with van der Waals surface area (Å²) in [4.78, 5) is 13.0. The molecule has 0 amide bonds. The molecule has 2 aromatic carbocycles. The average molecular weight is 473 g/mol. The minimum absolute atomic E-state index is 0.236. The van der Waals surface area contributed by atoms with E-state index in [-0.39, 0.29) is 11.3 Å². The number of pyridine rings is 1. The number of anilines is 2. The third-order valence-corrected chi connectivity index (χ3v) is 6.07. The minimum atomic E-state index is -4.16. The molecule has 4 aromatic rings. The van der Waals surface area contributed by atoms with Gasteiger partial charge in [0.2, 0.25) is 16.0 Å². The van der Waals surface area contributed by atoms with Crippen molar-refractivity contribution in [1.82, 2.24) is 15.0 Å². The van der Waals surface area contributed by atoms with Crippen LogP contribution in [-0.4, -0.2) is 30.4 Å². The molecule has 0 bridgehead atoms. The van der Waals surface area contributed by atoms with Crippen LogP contribution in [0.25, 0.3) is 22.3 Å². The van der Waals surface area contributed by atoms with Gasteiger partial charge >= 0.3 is 0 Å². The number of aryl methyl sites for hydroxylation is 1. The zero-order chi connectivity index (χ0) is 23.8. The van der Waals surface area contributed by atoms with Crippen LogP contribution in [0.5, 0.6) is 0 Å². The quantitative estimate of drug-likeness (QED) is 0.431. The van der Waals surface area contributed by atoms with Crippen molar-refractivity contribution in [2.75, 3.05) is 17.1 Å². The number of nitrogens with zero attached hydrogens (tertiary/aromatic N) is 3. The normalized spacial score (nSPS) is 11.5. The Morgan fingerprint density at radius 1 is 0.970 bits per heavy atom. The zero-order valence-corrected chi connectivity index (χ0v) is 18.3. The van der Waals surface area contributed by atoms with Crippen LogP contribution in [-0.2, 0) is 15.8 Å². The van der Waals surface area contributed by atoms with E-state index in [0.717, 1.165) is 23.8 Å². The summed E-state index contributed by atoms with van der Waals surface area (Å²) < 4.78 is 68.4. The van der Waals surface area contributed by atoms with Gasteiger partial charge in [-0.1, -0.05) is 12.1 Å². The van der Waals surface area contributed by atoms with Crippen molar-refractivity contribution < 1.29 is 21.6 Å². The summed E-state index contributed by atoms with van der Waals surface area (Å²) in [6.45, 7) is 1.84. The number of sulfonamides is 1. The highest BCUT2D eigenvalue weighted by atomic mass is 32.2. The molecule has 170 valence electrons. The summed E-state index contributed by atoms with van der Waals surface area (Å²) in [5.74, 6) is -2.99. The fourth-order valence-corrected chi connectivity index (χ4v) is 4.47. The maximum Gasteiger partial charge on any atom is 0.237 e. The molecule has 0 saturated carbocycles. The minimum Gasteiger partial charge on any atom is -0.357 e. The lowest BCUT2D eigenvalue weighted by Gasteiger charge is -2.11. The summed E-state index contributed by atoms with van der Waals surface area (Å²) in [6, 6.07) is 8.22. The van der Waals surface area contributed by atoms with Gasteiger partial charge in [-0.2, -0.15) is 0 Å². The summed E-state index contributed by atoms with van der Waals surface area (Å²) in [5.41, 5.74) is 2.32. The lowest BCUT2D eigenvalue weighted by Crippen LogP contribution is -2.16. The van der Waals surface area contributed by atoms with E-state index in [1.165, 1.54) is 12.1 Å². The third kappa shape index (κ3) is 4.87. The van der Waals surface area contributed by atoms with E-state index in [1.807, 2.05) is 6.92 Å². The molecule has 0 radical (unpaired) electrons. The predicted molar refractivity (Wildman–Crippen MR) is 120 cm³/mol. The van der Waals surface area contributed by atoms with Crippen LogP contribution in [0.1, 0.15) is 11.1 Å². The van der Waals surface area contributed by atoms with Crippen molar-refractivity contribution in [1.29, 1.82) is 0 Å². The van der Waals surface area contributed by atoms with E-state index in [2.05, 4.69) is 25.0 Å². The molecule has 0 atom stereocenters. The van der Waals surface area contributed by atoms with Gasteiger partial charge in [0.05, 0.1) is 28.8 Å². The van der Waals surface area contributed by atoms with E-state index >= 15 is 0 Å². The Morgan fingerprint density at radius 2 is 1.76 bits per heavy atom. The molecular weight excluding hydrogens is 455 g/mol. The molecule has 7 nitrogen and oxygen atoms in total. The third-order valence-electron chi connectivity index (χ3n) is 4.85. The standard InChI is InChI=1S/C22H18F3N5O2S/c1-12-7-19(28-20-10-27-22(26-2)29-21(12)20)13-4-6-18(17(25)8-13)30-33(31,32)11-14-3-5-15(23)9-16(14)24/h3-10,30H,11H2,1-2H3,(H,26,27,29). The lowest BCUT2D eigenvalue weighted by molar-refractivity contribution is 0.570. The van der Waals surface area contributed by atoms with E-state index in [4.69, 9.17) is 0 Å². The molecule has 0 spiro atoms. The molecule has 0 saturated heterocycles. The van der Waals surface area contributed by atoms with Crippen LogP contribution in [0.3, 0.4) is 0 Å². The van der Waals surface area contributed by atoms with Crippen LogP contribution >= 0.6 is 0 Å². The average Bonchev–Trinajstić information content (AvgIpc) is 2.76. The largest absolute Gasteiger partial charge is 0.357 e. The molecule has 2 aromatic heterocycles. The van der Waals surface area contributed by atoms with Crippen molar-refractivity contribution >= 4 is 32.7 Å². The lowest BCUT2D eigenvalue weighted by atomic mass is 10.1. The Balaban J connectivity index is 1.60. The first-order chi connectivity index (χ1) is 15.6. The van der Waals surface area contributed by atoms with Crippen LogP contribution in [0.4, 0.5) is 24.8 Å². The van der Waals surface area contributed by atoms with Gasteiger partial charge in [0.15, 0.2) is 0 Å². The molecule has 0 fully saturated rings. The maximum atomic E-state index is 14.7. The van der Waals surface area contributed by atoms with E-state index in [9.17, 15) is 21.6 Å². The Morgan fingerprint density at radius 3 is 2.45 bits per heavy atom. The van der Waals surface area contributed by atoms with E-state index in [0.29, 0.717) is 34.3 Å². The summed E-state index contributed by atoms with van der Waals surface area (Å²) in [6.07, 6.45) is 1.55. The van der Waals surface area contributed by atoms with Crippen molar-refractivity contribution in [2.24, 2.45) is 0 Å². The monoisotopic (exact) mass is 473 g/mol. The molecule has 0 aliphatic heterocycles. The van der Waals surface area contributed by atoms with Crippen LogP contribution in [0, 0.1) is 24.4 Å². The molecule has 0 unspecified atom stereocenters. The fraction of sp³-hybridized carbons (Fsp3) is 0.136. The Bertz CT molecular complexity index is 1480. The highest BCUT2D eigenvalue weighted by Gasteiger charge is 2.18. The SMILES string of the molecule is CNc1ncc2nc(-c3ccc(NS(=O)(=O)Cc4ccc(F)cc4F)c(F)c3)cc(C)c2n1. The number of benzene rings is 2. The van der Waals surface area contributed by atoms with Gasteiger partial charge < -0.3 is 5.32 Å². The Kier molecular flexibility index (Phi) is 5.90. The number of rotatable bonds is 6. The number of halogens is 3. The smallest absolute Gasteiger partial charge is 0.237 e. The maximum absolute atomic E-state index is 14.7. The number of hydrogen-bond donors (Lipinski definition) is 2. The van der Waals surface area contributed by atoms with Gasteiger partial charge in [-0.05, 0) is 36.8 Å². The summed E-state index contributed by atoms with van der Waals surface area (Å²) >= 11 is 0. The van der Waals surface area contributed by atoms with Gasteiger partial charge in [0.1, 0.15) is 23.0 Å². The topological polar surface area (TPSA) is 96.9 Å². The van der Waals surface area contributed by atoms with Gasteiger partial charge in [-0.3, -0.25) is 4.72 Å². The van der Waals surface area contributed by atoms with Crippen molar-refractivity contribution in [3.05, 3.63) is 77.2 Å². The van der Waals surface area contributed by atoms with Crippen LogP contribution in [0.15, 0.2) is 48.7 Å². The van der Waals surface area contributed by atoms with E-state index in [1.54, 1.807) is 19.3 Å². The molecule has 0 aliphatic rings. The summed E-state index contributed by atoms with van der Waals surface area (Å²) in [7, 11) is -2.45. The molecule has 0 aliphatic carbocycles. The number of fused-ring (bicyclic) bond motifs is 1. The number of nitrogens with one attached hydrogen (secondary N) is 2. The van der Waals surface area contributed by atoms with Crippen molar-refractivity contribution in [2.45, 2.75) is 12.7 Å². The number of hydrogen-bond acceptors (Lipinski definition) is 6. The molecule has 2 N–H and O–H groups in total. The predicted octanol–water partition coefficient (Wildman–Crippen LogP) is 4.40. The Hall–Kier alpha value is -3.73. The van der Waals surface area contributed by atoms with Crippen LogP contribution in [0.2, 0.25) is 0 Å². The molecule has 11 heteroatoms. The van der Waals surface area contributed by atoms with Gasteiger partial charge in [-0.15, -0.1) is 0 Å². The molecular formula is C22H18F3N5O2S. The first-order valence-electron chi connectivity index (χ1n) is 9.71. The second-order valence-corrected chi connectivity index (χ2v) is 9.02. The zero-order valence-electron chi connectivity index (χ0n) is 17.5. The fourth-order valence-electron chi connectivity index (χ4n) is 3.26. The van der Waals surface area contributed by atoms with E-state index < -0.39 is 33.2 Å². The highest BCUT2D eigenvalue weighted by Crippen LogP contribution is 2.27.